The number of hydrogen-bond donors (Lipinski definition) is 0. The van der Waals surface area contributed by atoms with Gasteiger partial charge >= 0.3 is 112 Å². The molecule has 1 aliphatic carbocycles. The zero-order valence-corrected chi connectivity index (χ0v) is 37.1. The molecule has 0 saturated heterocycles. The number of allylic oxidation sites excluding steroid dienone is 4. The van der Waals surface area contributed by atoms with Crippen molar-refractivity contribution in [3.8, 4) is 22.3 Å². The van der Waals surface area contributed by atoms with Gasteiger partial charge in [-0.25, -0.2) is 12.2 Å². The van der Waals surface area contributed by atoms with Crippen LogP contribution in [0, 0.1) is 19.9 Å². The van der Waals surface area contributed by atoms with Gasteiger partial charge in [-0.1, -0.05) is 102 Å². The van der Waals surface area contributed by atoms with Crippen LogP contribution in [0.15, 0.2) is 158 Å². The first-order chi connectivity index (χ1) is 26.8. The van der Waals surface area contributed by atoms with Crippen molar-refractivity contribution in [3.05, 3.63) is 197 Å². The monoisotopic (exact) mass is 806 g/mol. The maximum absolute atomic E-state index is 2.99. The number of hydrogen-bond acceptors (Lipinski definition) is 0. The molecule has 56 heavy (non-hydrogen) atoms. The predicted molar refractivity (Wildman–Crippen MR) is 242 cm³/mol. The first-order valence-corrected chi connectivity index (χ1v) is 21.2. The molecule has 7 aromatic carbocycles. The van der Waals surface area contributed by atoms with E-state index in [2.05, 4.69) is 207 Å². The van der Waals surface area contributed by atoms with Crippen molar-refractivity contribution in [1.29, 1.82) is 0 Å². The van der Waals surface area contributed by atoms with Crippen LogP contribution in [-0.2, 0) is 47.9 Å². The van der Waals surface area contributed by atoms with E-state index in [0.29, 0.717) is 0 Å². The first kappa shape index (κ1) is 41.1. The molecule has 280 valence electrons. The molecule has 0 amide bonds. The summed E-state index contributed by atoms with van der Waals surface area (Å²) in [6.07, 6.45) is 12.2. The molecule has 1 aliphatic rings. The second kappa shape index (κ2) is 18.1. The summed E-state index contributed by atoms with van der Waals surface area (Å²) in [6, 6.07) is 51.2. The van der Waals surface area contributed by atoms with Crippen LogP contribution in [0.4, 0.5) is 0 Å². The Bertz CT molecular complexity index is 2300. The van der Waals surface area contributed by atoms with Crippen molar-refractivity contribution < 1.29 is 24.2 Å². The maximum atomic E-state index is 2.99. The molecule has 0 bridgehead atoms. The van der Waals surface area contributed by atoms with Crippen molar-refractivity contribution in [2.24, 2.45) is 0 Å². The average molecular weight is 808 g/mol. The van der Waals surface area contributed by atoms with Crippen LogP contribution in [0.2, 0.25) is 0 Å². The Morgan fingerprint density at radius 1 is 0.554 bits per heavy atom. The van der Waals surface area contributed by atoms with Crippen LogP contribution in [-0.4, -0.2) is 3.21 Å². The van der Waals surface area contributed by atoms with Crippen molar-refractivity contribution in [1.82, 2.24) is 0 Å². The molecule has 0 aliphatic heterocycles. The predicted octanol–water partition coefficient (Wildman–Crippen LogP) is 14.8. The van der Waals surface area contributed by atoms with Crippen molar-refractivity contribution >= 4 is 24.8 Å². The van der Waals surface area contributed by atoms with Gasteiger partial charge in [-0.3, -0.25) is 6.08 Å². The van der Waals surface area contributed by atoms with Crippen LogP contribution in [0.3, 0.4) is 0 Å². The van der Waals surface area contributed by atoms with Gasteiger partial charge in [-0.2, -0.15) is 6.08 Å². The van der Waals surface area contributed by atoms with E-state index in [4.69, 9.17) is 0 Å². The van der Waals surface area contributed by atoms with Crippen LogP contribution in [0.1, 0.15) is 81.3 Å². The average Bonchev–Trinajstić information content (AvgIpc) is 3.87. The third-order valence-corrected chi connectivity index (χ3v) is 11.4. The summed E-state index contributed by atoms with van der Waals surface area (Å²) in [5, 5.41) is 5.38. The second-order valence-electron chi connectivity index (χ2n) is 17.2. The zero-order chi connectivity index (χ0) is 39.9. The quantitative estimate of drug-likeness (QED) is 0.147. The Labute approximate surface area is 351 Å². The molecule has 0 saturated carbocycles. The molecule has 0 radical (unpaired) electrons. The van der Waals surface area contributed by atoms with Gasteiger partial charge in [0.1, 0.15) is 0 Å². The minimum atomic E-state index is 0.0450. The molecule has 7 aromatic rings. The fraction of sp³-hybridized carbons (Fsp3) is 0.236. The number of fused-ring (bicyclic) bond motifs is 3. The van der Waals surface area contributed by atoms with Crippen molar-refractivity contribution in [2.75, 3.05) is 0 Å². The molecule has 0 heterocycles. The van der Waals surface area contributed by atoms with E-state index < -0.39 is 0 Å². The normalized spacial score (nSPS) is 12.3. The van der Waals surface area contributed by atoms with Gasteiger partial charge in [0.15, 0.2) is 0 Å². The molecule has 0 nitrogen and oxygen atoms in total. The zero-order valence-electron chi connectivity index (χ0n) is 34.6. The fourth-order valence-corrected chi connectivity index (χ4v) is 8.63. The van der Waals surface area contributed by atoms with Gasteiger partial charge < -0.3 is 0 Å². The summed E-state index contributed by atoms with van der Waals surface area (Å²) in [4.78, 5) is 0. The third-order valence-electron chi connectivity index (χ3n) is 10.6. The van der Waals surface area contributed by atoms with Gasteiger partial charge in [0.25, 0.3) is 0 Å². The summed E-state index contributed by atoms with van der Waals surface area (Å²) in [7, 11) is 0. The Hall–Kier alpha value is -4.58. The molecule has 0 fully saturated rings. The van der Waals surface area contributed by atoms with Gasteiger partial charge in [-0.15, -0.1) is 46.2 Å². The van der Waals surface area contributed by atoms with Gasteiger partial charge in [0.2, 0.25) is 0 Å². The Balaban J connectivity index is 0.000000207. The minimum absolute atomic E-state index is 0.0450. The van der Waals surface area contributed by atoms with Crippen molar-refractivity contribution in [3.63, 3.8) is 0 Å². The van der Waals surface area contributed by atoms with E-state index in [1.165, 1.54) is 77.2 Å². The molecule has 0 atom stereocenters. The molecule has 0 aromatic heterocycles. The Morgan fingerprint density at radius 3 is 1.30 bits per heavy atom. The fourth-order valence-electron chi connectivity index (χ4n) is 7.63. The third kappa shape index (κ3) is 10.2. The molecule has 0 unspecified atom stereocenters. The molecule has 8 rings (SSSR count). The second-order valence-corrected chi connectivity index (χ2v) is 18.9. The molecule has 0 spiro atoms. The van der Waals surface area contributed by atoms with E-state index in [1.54, 1.807) is 27.4 Å². The van der Waals surface area contributed by atoms with Crippen LogP contribution >= 0.6 is 0 Å². The van der Waals surface area contributed by atoms with E-state index in [1.807, 2.05) is 12.2 Å². The summed E-state index contributed by atoms with van der Waals surface area (Å²) in [5.41, 5.74) is 13.8. The molecular weight excluding hydrogens is 752 g/mol. The summed E-state index contributed by atoms with van der Waals surface area (Å²) >= 11 is 1.55. The summed E-state index contributed by atoms with van der Waals surface area (Å²) in [6.45, 7) is 18.4. The van der Waals surface area contributed by atoms with Gasteiger partial charge in [0.05, 0.1) is 0 Å². The summed E-state index contributed by atoms with van der Waals surface area (Å²) < 4.78 is 1.60. The standard InChI is InChI=1S/C35H37.C15H14.C5H5.Zr/c1-22-13-9-11-15-26(22)30-18-24-17-25-19-31(27-16-12-10-14-23(27)2)33(35(6,7)8)21-29(25)28(24)20-32(30)34(3,4)5;1-3-8-14(9-4-1)12-7-13-15-10-5-2-6-11-15;1-2-4-5-3-1;/h9-21H,1-8H3;1-6,8-11H,12-13H2;1-3H,4H2;/q-1;;-1;+2. The Kier molecular flexibility index (Phi) is 13.3. The van der Waals surface area contributed by atoms with E-state index in [0.717, 1.165) is 19.3 Å². The van der Waals surface area contributed by atoms with Crippen LogP contribution in [0.25, 0.3) is 43.8 Å². The van der Waals surface area contributed by atoms with Crippen LogP contribution in [0.5, 0.6) is 0 Å². The van der Waals surface area contributed by atoms with E-state index in [9.17, 15) is 0 Å². The van der Waals surface area contributed by atoms with E-state index in [-0.39, 0.29) is 10.8 Å². The molecular formula is C55H56Zr. The molecule has 0 N–H and O–H groups in total. The van der Waals surface area contributed by atoms with E-state index >= 15 is 0 Å². The topological polar surface area (TPSA) is 0 Å². The SMILES string of the molecule is Cc1ccccc1-c1cc2[cH-]c3cc(-c4ccccc4C)c(C(C)(C)C)cc3c2cc1C(C)(C)C.[C-]1=CC=CC1.[Zr+2]=[C](Cc1ccccc1)Cc1ccccc1. The first-order valence-electron chi connectivity index (χ1n) is 20.0. The number of benzene rings is 6. The van der Waals surface area contributed by atoms with Gasteiger partial charge in [0, 0.05) is 0 Å². The van der Waals surface area contributed by atoms with Crippen molar-refractivity contribution in [2.45, 2.75) is 85.5 Å². The van der Waals surface area contributed by atoms with Gasteiger partial charge in [-0.05, 0) is 69.2 Å². The summed E-state index contributed by atoms with van der Waals surface area (Å²) in [5.74, 6) is 0. The number of aryl methyl sites for hydroxylation is 2. The number of rotatable bonds is 6. The molecule has 1 heteroatoms. The van der Waals surface area contributed by atoms with Crippen LogP contribution < -0.4 is 0 Å². The Morgan fingerprint density at radius 2 is 0.964 bits per heavy atom.